The first-order valence-electron chi connectivity index (χ1n) is 18.6. The number of nitrogens with zero attached hydrogens (tertiary/aromatic N) is 3. The SMILES string of the molecule is CCC(=O)N[C@@H](C(=O)N1CCC(C(F)(F)F)CC1)C1(c2ccc(NC(=O)[C@@H](NC(=O)c3ccnn3CC3CCC3)[C@H]3CCCC(F)(F)C3)c(F)c2)CC1. The number of hydrogen-bond acceptors (Lipinski definition) is 5. The molecule has 1 aliphatic heterocycles. The summed E-state index contributed by atoms with van der Waals surface area (Å²) in [5.74, 6) is -8.54. The molecule has 1 aromatic heterocycles. The van der Waals surface area contributed by atoms with Crippen molar-refractivity contribution in [3.63, 3.8) is 0 Å². The van der Waals surface area contributed by atoms with Crippen LogP contribution in [0.3, 0.4) is 0 Å². The van der Waals surface area contributed by atoms with E-state index in [-0.39, 0.29) is 63.0 Å². The van der Waals surface area contributed by atoms with Crippen LogP contribution in [0, 0.1) is 23.6 Å². The Morgan fingerprint density at radius 3 is 2.26 bits per heavy atom. The number of anilines is 1. The van der Waals surface area contributed by atoms with Gasteiger partial charge in [-0.25, -0.2) is 13.2 Å². The number of nitrogens with one attached hydrogen (secondary N) is 3. The maximum atomic E-state index is 15.9. The van der Waals surface area contributed by atoms with E-state index in [0.29, 0.717) is 30.9 Å². The standard InChI is InChI=1S/C37H46F6N6O4/c1-2-29(50)46-31(34(53)48-17-11-24(12-18-48)37(41,42)43)35(14-15-35)25-8-9-27(26(38)19-25)45-33(52)30(23-7-4-13-36(39,40)20-23)47-32(51)28-10-16-44-49(28)21-22-5-3-6-22/h8-10,16,19,22-24,30-31H,2-7,11-15,17-18,20-21H2,1H3,(H,45,52)(H,46,50)(H,47,51)/t23-,30-,31-/m0/s1. The monoisotopic (exact) mass is 752 g/mol. The van der Waals surface area contributed by atoms with Crippen LogP contribution in [-0.4, -0.2) is 75.6 Å². The Balaban J connectivity index is 1.20. The molecule has 3 saturated carbocycles. The normalized spacial score (nSPS) is 22.6. The van der Waals surface area contributed by atoms with Gasteiger partial charge >= 0.3 is 6.18 Å². The first kappa shape index (κ1) is 38.6. The van der Waals surface area contributed by atoms with Crippen molar-refractivity contribution in [2.75, 3.05) is 18.4 Å². The zero-order valence-corrected chi connectivity index (χ0v) is 29.6. The third-order valence-electron chi connectivity index (χ3n) is 11.6. The van der Waals surface area contributed by atoms with Crippen LogP contribution >= 0.6 is 0 Å². The fourth-order valence-electron chi connectivity index (χ4n) is 8.02. The van der Waals surface area contributed by atoms with Gasteiger partial charge in [-0.3, -0.25) is 23.9 Å². The van der Waals surface area contributed by atoms with Crippen LogP contribution in [0.2, 0.25) is 0 Å². The molecule has 4 amide bonds. The van der Waals surface area contributed by atoms with Gasteiger partial charge in [0.25, 0.3) is 5.91 Å². The largest absolute Gasteiger partial charge is 0.391 e. The number of carbonyl (C=O) groups is 4. The molecule has 2 aromatic rings. The maximum Gasteiger partial charge on any atom is 0.391 e. The van der Waals surface area contributed by atoms with Crippen molar-refractivity contribution in [2.45, 2.75) is 120 Å². The van der Waals surface area contributed by atoms with Gasteiger partial charge in [-0.1, -0.05) is 19.4 Å². The highest BCUT2D eigenvalue weighted by Crippen LogP contribution is 2.52. The van der Waals surface area contributed by atoms with Crippen molar-refractivity contribution in [1.29, 1.82) is 0 Å². The minimum atomic E-state index is -4.37. The van der Waals surface area contributed by atoms with Gasteiger partial charge in [0.1, 0.15) is 23.6 Å². The molecule has 53 heavy (non-hydrogen) atoms. The van der Waals surface area contributed by atoms with Gasteiger partial charge in [0, 0.05) is 50.5 Å². The number of aromatic nitrogens is 2. The number of benzene rings is 1. The minimum absolute atomic E-state index is 0.0445. The predicted octanol–water partition coefficient (Wildman–Crippen LogP) is 6.11. The number of hydrogen-bond donors (Lipinski definition) is 3. The molecule has 3 atom stereocenters. The molecule has 0 unspecified atom stereocenters. The molecule has 3 N–H and O–H groups in total. The van der Waals surface area contributed by atoms with Gasteiger partial charge in [0.05, 0.1) is 11.6 Å². The van der Waals surface area contributed by atoms with Crippen LogP contribution in [0.25, 0.3) is 0 Å². The van der Waals surface area contributed by atoms with Crippen molar-refractivity contribution in [3.8, 4) is 0 Å². The van der Waals surface area contributed by atoms with Crippen LogP contribution in [0.5, 0.6) is 0 Å². The van der Waals surface area contributed by atoms with E-state index in [0.717, 1.165) is 25.3 Å². The van der Waals surface area contributed by atoms with Crippen molar-refractivity contribution in [1.82, 2.24) is 25.3 Å². The van der Waals surface area contributed by atoms with Crippen LogP contribution in [0.15, 0.2) is 30.5 Å². The summed E-state index contributed by atoms with van der Waals surface area (Å²) in [6.07, 6.45) is -0.115. The number of likely N-dealkylation sites (tertiary alicyclic amines) is 1. The van der Waals surface area contributed by atoms with Gasteiger partial charge in [-0.15, -0.1) is 0 Å². The number of rotatable bonds is 12. The first-order chi connectivity index (χ1) is 25.1. The number of alkyl halides is 5. The Labute approximate surface area is 303 Å². The van der Waals surface area contributed by atoms with Crippen LogP contribution in [0.4, 0.5) is 32.0 Å². The lowest BCUT2D eigenvalue weighted by molar-refractivity contribution is -0.186. The summed E-state index contributed by atoms with van der Waals surface area (Å²) in [5.41, 5.74) is -0.768. The highest BCUT2D eigenvalue weighted by molar-refractivity contribution is 6.01. The zero-order chi connectivity index (χ0) is 38.1. The molecular formula is C37H46F6N6O4. The molecule has 4 fully saturated rings. The Hall–Kier alpha value is -4.11. The Morgan fingerprint density at radius 2 is 1.68 bits per heavy atom. The molecule has 4 aliphatic rings. The summed E-state index contributed by atoms with van der Waals surface area (Å²) in [6, 6.07) is 2.85. The van der Waals surface area contributed by atoms with Crippen molar-refractivity contribution >= 4 is 29.3 Å². The summed E-state index contributed by atoms with van der Waals surface area (Å²) in [5, 5.41) is 12.1. The van der Waals surface area contributed by atoms with Gasteiger partial charge in [-0.2, -0.15) is 18.3 Å². The Morgan fingerprint density at radius 1 is 0.962 bits per heavy atom. The third kappa shape index (κ3) is 8.66. The van der Waals surface area contributed by atoms with E-state index in [1.54, 1.807) is 11.6 Å². The minimum Gasteiger partial charge on any atom is -0.343 e. The second-order valence-electron chi connectivity index (χ2n) is 15.2. The van der Waals surface area contributed by atoms with E-state index >= 15 is 4.39 Å². The second-order valence-corrected chi connectivity index (χ2v) is 15.2. The van der Waals surface area contributed by atoms with E-state index in [1.165, 1.54) is 29.3 Å². The lowest BCUT2D eigenvalue weighted by atomic mass is 9.81. The summed E-state index contributed by atoms with van der Waals surface area (Å²) >= 11 is 0. The summed E-state index contributed by atoms with van der Waals surface area (Å²) < 4.78 is 86.5. The average Bonchev–Trinajstić information content (AvgIpc) is 3.76. The third-order valence-corrected chi connectivity index (χ3v) is 11.6. The molecule has 290 valence electrons. The highest BCUT2D eigenvalue weighted by Gasteiger charge is 2.56. The van der Waals surface area contributed by atoms with Gasteiger partial charge < -0.3 is 20.9 Å². The average molecular weight is 753 g/mol. The first-order valence-corrected chi connectivity index (χ1v) is 18.6. The van der Waals surface area contributed by atoms with E-state index in [1.807, 2.05) is 0 Å². The quantitative estimate of drug-likeness (QED) is 0.226. The second kappa shape index (κ2) is 15.3. The summed E-state index contributed by atoms with van der Waals surface area (Å²) in [4.78, 5) is 54.9. The molecular weight excluding hydrogens is 706 g/mol. The Kier molecular flexibility index (Phi) is 11.2. The fraction of sp³-hybridized carbons (Fsp3) is 0.649. The van der Waals surface area contributed by atoms with Crippen LogP contribution in [0.1, 0.15) is 100 Å². The zero-order valence-electron chi connectivity index (χ0n) is 29.6. The number of piperidine rings is 1. The molecule has 6 rings (SSSR count). The number of carbonyl (C=O) groups excluding carboxylic acids is 4. The molecule has 16 heteroatoms. The highest BCUT2D eigenvalue weighted by atomic mass is 19.4. The molecule has 0 radical (unpaired) electrons. The van der Waals surface area contributed by atoms with Crippen LogP contribution in [-0.2, 0) is 26.3 Å². The molecule has 2 heterocycles. The van der Waals surface area contributed by atoms with E-state index < -0.39 is 77.3 Å². The van der Waals surface area contributed by atoms with Gasteiger partial charge in [-0.05, 0) is 87.0 Å². The van der Waals surface area contributed by atoms with E-state index in [9.17, 15) is 41.1 Å². The summed E-state index contributed by atoms with van der Waals surface area (Å²) in [7, 11) is 0. The molecule has 1 aromatic carbocycles. The fourth-order valence-corrected chi connectivity index (χ4v) is 8.02. The van der Waals surface area contributed by atoms with E-state index in [2.05, 4.69) is 21.0 Å². The predicted molar refractivity (Wildman–Crippen MR) is 181 cm³/mol. The lowest BCUT2D eigenvalue weighted by Crippen LogP contribution is -2.56. The van der Waals surface area contributed by atoms with Gasteiger partial charge in [0.15, 0.2) is 0 Å². The lowest BCUT2D eigenvalue weighted by Gasteiger charge is -2.37. The molecule has 0 spiro atoms. The topological polar surface area (TPSA) is 125 Å². The smallest absolute Gasteiger partial charge is 0.343 e. The number of halogens is 6. The van der Waals surface area contributed by atoms with Crippen LogP contribution < -0.4 is 16.0 Å². The maximum absolute atomic E-state index is 15.9. The van der Waals surface area contributed by atoms with Crippen molar-refractivity contribution in [2.24, 2.45) is 17.8 Å². The Bertz CT molecular complexity index is 1680. The molecule has 1 saturated heterocycles. The van der Waals surface area contributed by atoms with Crippen molar-refractivity contribution < 1.29 is 45.5 Å². The molecule has 0 bridgehead atoms. The number of amides is 4. The molecule has 3 aliphatic carbocycles. The summed E-state index contributed by atoms with van der Waals surface area (Å²) in [6.45, 7) is 1.84. The van der Waals surface area contributed by atoms with E-state index in [4.69, 9.17) is 0 Å². The van der Waals surface area contributed by atoms with Crippen molar-refractivity contribution in [3.05, 3.63) is 47.5 Å². The van der Waals surface area contributed by atoms with Gasteiger partial charge in [0.2, 0.25) is 23.6 Å². The molecule has 10 nitrogen and oxygen atoms in total.